The van der Waals surface area contributed by atoms with Crippen molar-refractivity contribution in [1.82, 2.24) is 9.97 Å². The average Bonchev–Trinajstić information content (AvgIpc) is 3.02. The molecule has 0 amide bonds. The minimum atomic E-state index is -4.45. The van der Waals surface area contributed by atoms with Gasteiger partial charge in [0, 0.05) is 12.3 Å². The zero-order valence-electron chi connectivity index (χ0n) is 13.3. The Bertz CT molecular complexity index is 906. The van der Waals surface area contributed by atoms with Crippen molar-refractivity contribution in [1.29, 1.82) is 0 Å². The lowest BCUT2D eigenvalue weighted by atomic mass is 10.3. The van der Waals surface area contributed by atoms with Gasteiger partial charge in [0.25, 0.3) is 0 Å². The van der Waals surface area contributed by atoms with Gasteiger partial charge in [0.05, 0.1) is 16.8 Å². The Hall–Kier alpha value is -2.94. The summed E-state index contributed by atoms with van der Waals surface area (Å²) in [6, 6.07) is 8.06. The smallest absolute Gasteiger partial charge is 0.417 e. The average molecular weight is 380 g/mol. The van der Waals surface area contributed by atoms with Crippen molar-refractivity contribution in [3.8, 4) is 17.4 Å². The van der Waals surface area contributed by atoms with Crippen LogP contribution in [0.3, 0.4) is 0 Å². The van der Waals surface area contributed by atoms with Gasteiger partial charge in [-0.1, -0.05) is 0 Å². The van der Waals surface area contributed by atoms with Gasteiger partial charge in [-0.2, -0.15) is 13.2 Å². The summed E-state index contributed by atoms with van der Waals surface area (Å²) in [7, 11) is 0. The summed E-state index contributed by atoms with van der Waals surface area (Å²) in [6.07, 6.45) is -3.75. The van der Waals surface area contributed by atoms with E-state index < -0.39 is 17.7 Å². The number of thiazole rings is 1. The van der Waals surface area contributed by atoms with Crippen LogP contribution in [0.2, 0.25) is 0 Å². The van der Waals surface area contributed by atoms with Crippen LogP contribution in [0.4, 0.5) is 13.2 Å². The number of hydrogen-bond acceptors (Lipinski definition) is 6. The molecule has 2 aromatic heterocycles. The first kappa shape index (κ1) is 17.9. The topological polar surface area (TPSA) is 61.3 Å². The lowest BCUT2D eigenvalue weighted by molar-refractivity contribution is -0.137. The number of aromatic nitrogens is 2. The number of halogens is 3. The van der Waals surface area contributed by atoms with Crippen molar-refractivity contribution in [3.63, 3.8) is 0 Å². The zero-order chi connectivity index (χ0) is 18.7. The summed E-state index contributed by atoms with van der Waals surface area (Å²) >= 11 is 1.19. The van der Waals surface area contributed by atoms with E-state index in [1.807, 2.05) is 0 Å². The monoisotopic (exact) mass is 380 g/mol. The van der Waals surface area contributed by atoms with Crippen molar-refractivity contribution >= 4 is 17.3 Å². The number of carbonyl (C=O) groups excluding carboxylic acids is 1. The Morgan fingerprint density at radius 3 is 2.27 bits per heavy atom. The molecule has 0 bridgehead atoms. The molecule has 0 saturated heterocycles. The van der Waals surface area contributed by atoms with E-state index in [0.29, 0.717) is 28.3 Å². The number of rotatable bonds is 4. The Morgan fingerprint density at radius 1 is 1.04 bits per heavy atom. The summed E-state index contributed by atoms with van der Waals surface area (Å²) in [4.78, 5) is 20.0. The number of carbonyl (C=O) groups is 1. The van der Waals surface area contributed by atoms with Gasteiger partial charge in [-0.25, -0.2) is 14.8 Å². The molecule has 2 heterocycles. The van der Waals surface area contributed by atoms with Crippen LogP contribution in [-0.4, -0.2) is 15.9 Å². The number of pyridine rings is 1. The van der Waals surface area contributed by atoms with Gasteiger partial charge in [-0.05, 0) is 37.3 Å². The van der Waals surface area contributed by atoms with Crippen LogP contribution >= 0.6 is 11.3 Å². The van der Waals surface area contributed by atoms with E-state index in [2.05, 4.69) is 9.97 Å². The molecule has 0 unspecified atom stereocenters. The van der Waals surface area contributed by atoms with Crippen LogP contribution in [0.15, 0.2) is 48.1 Å². The second-order valence-electron chi connectivity index (χ2n) is 5.11. The summed E-state index contributed by atoms with van der Waals surface area (Å²) in [5.74, 6) is 0.146. The number of aryl methyl sites for hydroxylation is 1. The van der Waals surface area contributed by atoms with Gasteiger partial charge in [-0.3, -0.25) is 0 Å². The maximum Gasteiger partial charge on any atom is 0.417 e. The van der Waals surface area contributed by atoms with E-state index in [4.69, 9.17) is 9.47 Å². The van der Waals surface area contributed by atoms with Gasteiger partial charge >= 0.3 is 12.1 Å². The molecular formula is C17H11F3N2O3S. The molecule has 5 nitrogen and oxygen atoms in total. The van der Waals surface area contributed by atoms with Gasteiger partial charge in [0.15, 0.2) is 0 Å². The number of ether oxygens (including phenoxy) is 2. The van der Waals surface area contributed by atoms with Crippen LogP contribution < -0.4 is 9.47 Å². The maximum absolute atomic E-state index is 12.5. The maximum atomic E-state index is 12.5. The van der Waals surface area contributed by atoms with Crippen LogP contribution in [0.25, 0.3) is 0 Å². The molecule has 0 aliphatic carbocycles. The van der Waals surface area contributed by atoms with E-state index in [-0.39, 0.29) is 5.88 Å². The second kappa shape index (κ2) is 7.12. The fraction of sp³-hybridized carbons (Fsp3) is 0.118. The second-order valence-corrected chi connectivity index (χ2v) is 5.97. The van der Waals surface area contributed by atoms with Crippen LogP contribution in [0, 0.1) is 6.92 Å². The lowest BCUT2D eigenvalue weighted by Crippen LogP contribution is -2.08. The summed E-state index contributed by atoms with van der Waals surface area (Å²) in [6.45, 7) is 1.71. The largest absolute Gasteiger partial charge is 0.439 e. The number of esters is 1. The van der Waals surface area contributed by atoms with Crippen molar-refractivity contribution in [2.45, 2.75) is 13.1 Å². The molecule has 0 N–H and O–H groups in total. The fourth-order valence-corrected chi connectivity index (χ4v) is 2.63. The number of nitrogens with zero attached hydrogens (tertiary/aromatic N) is 2. The molecule has 0 saturated carbocycles. The standard InChI is InChI=1S/C17H11F3N2O3S/c1-10-15(26-9-22-10)16(23)25-13-5-3-12(4-6-13)24-14-7-2-11(8-21-14)17(18,19)20/h2-9H,1H3. The zero-order valence-corrected chi connectivity index (χ0v) is 14.1. The van der Waals surface area contributed by atoms with Crippen LogP contribution in [0.1, 0.15) is 20.9 Å². The van der Waals surface area contributed by atoms with Crippen molar-refractivity contribution in [3.05, 3.63) is 64.2 Å². The molecule has 0 radical (unpaired) electrons. The highest BCUT2D eigenvalue weighted by molar-refractivity contribution is 7.11. The molecule has 1 aromatic carbocycles. The highest BCUT2D eigenvalue weighted by Crippen LogP contribution is 2.30. The fourth-order valence-electron chi connectivity index (χ4n) is 1.96. The van der Waals surface area contributed by atoms with Gasteiger partial charge in [0.1, 0.15) is 16.4 Å². The molecule has 3 rings (SSSR count). The summed E-state index contributed by atoms with van der Waals surface area (Å²) in [5, 5.41) is 0. The first-order valence-electron chi connectivity index (χ1n) is 7.26. The van der Waals surface area contributed by atoms with Gasteiger partial charge < -0.3 is 9.47 Å². The van der Waals surface area contributed by atoms with Gasteiger partial charge in [-0.15, -0.1) is 11.3 Å². The van der Waals surface area contributed by atoms with E-state index in [1.54, 1.807) is 12.4 Å². The summed E-state index contributed by atoms with van der Waals surface area (Å²) in [5.41, 5.74) is 1.29. The van der Waals surface area contributed by atoms with E-state index in [1.165, 1.54) is 35.6 Å². The summed E-state index contributed by atoms with van der Waals surface area (Å²) < 4.78 is 48.1. The molecular weight excluding hydrogens is 369 g/mol. The minimum Gasteiger partial charge on any atom is -0.439 e. The molecule has 0 spiro atoms. The highest BCUT2D eigenvalue weighted by atomic mass is 32.1. The van der Waals surface area contributed by atoms with E-state index in [0.717, 1.165) is 12.1 Å². The third-order valence-electron chi connectivity index (χ3n) is 3.25. The first-order chi connectivity index (χ1) is 12.3. The molecule has 0 fully saturated rings. The van der Waals surface area contributed by atoms with Crippen molar-refractivity contribution in [2.75, 3.05) is 0 Å². The lowest BCUT2D eigenvalue weighted by Gasteiger charge is -2.08. The van der Waals surface area contributed by atoms with Gasteiger partial charge in [0.2, 0.25) is 5.88 Å². The first-order valence-corrected chi connectivity index (χ1v) is 8.14. The third kappa shape index (κ3) is 4.17. The quantitative estimate of drug-likeness (QED) is 0.477. The Balaban J connectivity index is 1.64. The predicted molar refractivity (Wildman–Crippen MR) is 87.6 cm³/mol. The van der Waals surface area contributed by atoms with Crippen molar-refractivity contribution in [2.24, 2.45) is 0 Å². The third-order valence-corrected chi connectivity index (χ3v) is 4.16. The molecule has 3 aromatic rings. The molecule has 9 heteroatoms. The molecule has 134 valence electrons. The Morgan fingerprint density at radius 2 is 1.73 bits per heavy atom. The van der Waals surface area contributed by atoms with Crippen LogP contribution in [0.5, 0.6) is 17.4 Å². The predicted octanol–water partition coefficient (Wildman–Crippen LogP) is 4.88. The highest BCUT2D eigenvalue weighted by Gasteiger charge is 2.30. The van der Waals surface area contributed by atoms with E-state index in [9.17, 15) is 18.0 Å². The molecule has 26 heavy (non-hydrogen) atoms. The Kier molecular flexibility index (Phi) is 4.90. The number of hydrogen-bond donors (Lipinski definition) is 0. The molecule has 0 aliphatic heterocycles. The number of alkyl halides is 3. The van der Waals surface area contributed by atoms with Crippen LogP contribution in [-0.2, 0) is 6.18 Å². The van der Waals surface area contributed by atoms with Crippen molar-refractivity contribution < 1.29 is 27.4 Å². The van der Waals surface area contributed by atoms with E-state index >= 15 is 0 Å². The number of benzene rings is 1. The Labute approximate surface area is 150 Å². The SMILES string of the molecule is Cc1ncsc1C(=O)Oc1ccc(Oc2ccc(C(F)(F)F)cn2)cc1. The molecule has 0 atom stereocenters. The minimum absolute atomic E-state index is 0.0167. The molecule has 0 aliphatic rings. The normalized spacial score (nSPS) is 11.2.